The van der Waals surface area contributed by atoms with Crippen molar-refractivity contribution in [1.82, 2.24) is 19.6 Å². The lowest BCUT2D eigenvalue weighted by molar-refractivity contribution is -0.127. The van der Waals surface area contributed by atoms with Gasteiger partial charge in [0.15, 0.2) is 0 Å². The number of rotatable bonds is 15. The highest BCUT2D eigenvalue weighted by atomic mass is 16.3. The molecule has 4 saturated heterocycles. The van der Waals surface area contributed by atoms with Crippen LogP contribution in [-0.2, 0) is 44.9 Å². The molecule has 414 valence electrons. The largest absolute Gasteiger partial charge is 0.507 e. The number of aryl methyl sites for hydroxylation is 1. The topological polar surface area (TPSA) is 243 Å². The Bertz CT molecular complexity index is 3040. The average molecular weight is 1070 g/mol. The van der Waals surface area contributed by atoms with E-state index in [1.54, 1.807) is 33.4 Å². The SMILES string of the molecule is CCc1c(O)c(Cc2c(O)c(Cc3c(O)c(Cc4c(O)c(C)cc(O)c4/C=C/C(=O)N4CCCCC4)cc(O)c3/C=C/C(=O)N3CCCCC3)cc(O)c2/C=C/C(=O)N2CCCCC2)cc(O)c1/C=C/C(=O)N1CCCCC1. The number of nitrogens with zero attached hydrogens (tertiary/aromatic N) is 4. The number of likely N-dealkylation sites (tertiary alicyclic amines) is 4. The Hall–Kier alpha value is -7.88. The minimum absolute atomic E-state index is 0.00893. The standard InChI is InChI=1S/C62H74N4O12/c1-3-43-44(16-20-55(71)63-24-8-4-9-25-63)52(68)36-40(60(43)76)34-49-46(18-22-57(73)65-28-12-6-13-29-65)54(70)38-42(62(49)78)35-50-47(19-23-58(74)66-30-14-7-15-31-66)53(69)37-41(61(50)77)33-48-45(51(67)32-39(2)59(48)75)17-21-56(72)64-26-10-5-11-27-64/h16-23,32,36-38,67-70,75-78H,3-15,24-31,33-35H2,1-2H3/b20-16+,21-17+,22-18+,23-19+. The summed E-state index contributed by atoms with van der Waals surface area (Å²) in [4.78, 5) is 60.3. The van der Waals surface area contributed by atoms with Crippen molar-refractivity contribution in [2.45, 2.75) is 117 Å². The van der Waals surface area contributed by atoms with Gasteiger partial charge in [0.1, 0.15) is 46.0 Å². The lowest BCUT2D eigenvalue weighted by atomic mass is 9.87. The van der Waals surface area contributed by atoms with Gasteiger partial charge in [0.05, 0.1) is 0 Å². The first-order valence-electron chi connectivity index (χ1n) is 27.7. The molecule has 0 unspecified atom stereocenters. The molecule has 0 atom stereocenters. The van der Waals surface area contributed by atoms with Crippen molar-refractivity contribution in [2.75, 3.05) is 52.4 Å². The number of carbonyl (C=O) groups excluding carboxylic acids is 4. The summed E-state index contributed by atoms with van der Waals surface area (Å²) >= 11 is 0. The molecule has 0 radical (unpaired) electrons. The van der Waals surface area contributed by atoms with Crippen LogP contribution in [0.5, 0.6) is 46.0 Å². The van der Waals surface area contributed by atoms with E-state index in [0.29, 0.717) is 63.5 Å². The molecule has 8 rings (SSSR count). The van der Waals surface area contributed by atoms with Crippen LogP contribution in [0, 0.1) is 6.92 Å². The van der Waals surface area contributed by atoms with Gasteiger partial charge in [-0.15, -0.1) is 0 Å². The van der Waals surface area contributed by atoms with Crippen molar-refractivity contribution in [2.24, 2.45) is 0 Å². The third kappa shape index (κ3) is 12.9. The van der Waals surface area contributed by atoms with Gasteiger partial charge in [-0.1, -0.05) is 6.92 Å². The normalized spacial score (nSPS) is 16.6. The Morgan fingerprint density at radius 3 is 0.897 bits per heavy atom. The van der Waals surface area contributed by atoms with Gasteiger partial charge in [-0.25, -0.2) is 0 Å². The Kier molecular flexibility index (Phi) is 18.4. The summed E-state index contributed by atoms with van der Waals surface area (Å²) in [7, 11) is 0. The number of phenolic OH excluding ortho intramolecular Hbond substituents is 8. The highest BCUT2D eigenvalue weighted by Gasteiger charge is 2.27. The first kappa shape index (κ1) is 56.3. The molecule has 16 heteroatoms. The van der Waals surface area contributed by atoms with Crippen LogP contribution >= 0.6 is 0 Å². The van der Waals surface area contributed by atoms with Crippen molar-refractivity contribution in [3.63, 3.8) is 0 Å². The van der Waals surface area contributed by atoms with E-state index in [2.05, 4.69) is 0 Å². The number of phenols is 8. The van der Waals surface area contributed by atoms with E-state index in [4.69, 9.17) is 0 Å². The predicted octanol–water partition coefficient (Wildman–Crippen LogP) is 9.08. The number of carbonyl (C=O) groups is 4. The van der Waals surface area contributed by atoms with Crippen LogP contribution in [-0.4, -0.2) is 136 Å². The minimum Gasteiger partial charge on any atom is -0.507 e. The molecule has 0 spiro atoms. The van der Waals surface area contributed by atoms with Gasteiger partial charge in [0.2, 0.25) is 23.6 Å². The summed E-state index contributed by atoms with van der Waals surface area (Å²) in [6.07, 6.45) is 21.2. The third-order valence-electron chi connectivity index (χ3n) is 15.8. The van der Waals surface area contributed by atoms with E-state index in [9.17, 15) is 60.0 Å². The zero-order valence-electron chi connectivity index (χ0n) is 44.9. The van der Waals surface area contributed by atoms with Gasteiger partial charge in [-0.2, -0.15) is 0 Å². The van der Waals surface area contributed by atoms with E-state index in [1.807, 2.05) is 0 Å². The van der Waals surface area contributed by atoms with Crippen LogP contribution in [0.1, 0.15) is 151 Å². The Morgan fingerprint density at radius 2 is 0.615 bits per heavy atom. The van der Waals surface area contributed by atoms with Crippen molar-refractivity contribution in [3.8, 4) is 46.0 Å². The highest BCUT2D eigenvalue weighted by Crippen LogP contribution is 2.45. The first-order chi connectivity index (χ1) is 37.5. The summed E-state index contributed by atoms with van der Waals surface area (Å²) in [5.74, 6) is -3.61. The average Bonchev–Trinajstić information content (AvgIpc) is 3.45. The molecular formula is C62H74N4O12. The highest BCUT2D eigenvalue weighted by molar-refractivity contribution is 5.95. The van der Waals surface area contributed by atoms with Gasteiger partial charge in [-0.05, 0) is 145 Å². The zero-order chi connectivity index (χ0) is 55.6. The predicted molar refractivity (Wildman–Crippen MR) is 299 cm³/mol. The van der Waals surface area contributed by atoms with E-state index in [1.165, 1.54) is 72.9 Å². The number of aromatic hydroxyl groups is 8. The molecule has 0 bridgehead atoms. The number of piperidine rings is 4. The molecule has 4 aromatic rings. The quantitative estimate of drug-likeness (QED) is 0.0411. The molecule has 4 aliphatic heterocycles. The van der Waals surface area contributed by atoms with Crippen LogP contribution in [0.4, 0.5) is 0 Å². The van der Waals surface area contributed by atoms with E-state index in [0.717, 1.165) is 77.0 Å². The van der Waals surface area contributed by atoms with E-state index in [-0.39, 0.29) is 139 Å². The summed E-state index contributed by atoms with van der Waals surface area (Å²) in [5, 5.41) is 95.4. The van der Waals surface area contributed by atoms with Crippen LogP contribution in [0.25, 0.3) is 24.3 Å². The fraction of sp³-hybridized carbons (Fsp3) is 0.419. The maximum atomic E-state index is 13.6. The number of hydrogen-bond donors (Lipinski definition) is 8. The second-order valence-corrected chi connectivity index (χ2v) is 21.1. The van der Waals surface area contributed by atoms with Crippen LogP contribution in [0.2, 0.25) is 0 Å². The zero-order valence-corrected chi connectivity index (χ0v) is 44.9. The van der Waals surface area contributed by atoms with Crippen molar-refractivity contribution in [3.05, 3.63) is 115 Å². The summed E-state index contributed by atoms with van der Waals surface area (Å²) in [6, 6.07) is 5.25. The number of benzene rings is 4. The second-order valence-electron chi connectivity index (χ2n) is 21.1. The van der Waals surface area contributed by atoms with Crippen molar-refractivity contribution in [1.29, 1.82) is 0 Å². The molecule has 4 heterocycles. The van der Waals surface area contributed by atoms with Gasteiger partial charge in [-0.3, -0.25) is 19.2 Å². The third-order valence-corrected chi connectivity index (χ3v) is 15.8. The monoisotopic (exact) mass is 1070 g/mol. The minimum atomic E-state index is -0.415. The van der Waals surface area contributed by atoms with Crippen LogP contribution in [0.3, 0.4) is 0 Å². The van der Waals surface area contributed by atoms with Crippen LogP contribution in [0.15, 0.2) is 48.6 Å². The molecule has 0 saturated carbocycles. The van der Waals surface area contributed by atoms with Crippen molar-refractivity contribution < 1.29 is 60.0 Å². The Morgan fingerprint density at radius 1 is 0.372 bits per heavy atom. The molecule has 16 nitrogen and oxygen atoms in total. The maximum Gasteiger partial charge on any atom is 0.246 e. The lowest BCUT2D eigenvalue weighted by Gasteiger charge is -2.25. The molecule has 4 aromatic carbocycles. The Balaban J connectivity index is 1.23. The molecule has 4 aliphatic rings. The summed E-state index contributed by atoms with van der Waals surface area (Å²) in [5.41, 5.74) is 1.49. The van der Waals surface area contributed by atoms with E-state index < -0.39 is 11.5 Å². The van der Waals surface area contributed by atoms with Gasteiger partial charge in [0, 0.05) is 157 Å². The molecule has 8 N–H and O–H groups in total. The van der Waals surface area contributed by atoms with E-state index >= 15 is 0 Å². The van der Waals surface area contributed by atoms with Gasteiger partial charge < -0.3 is 60.5 Å². The molecule has 78 heavy (non-hydrogen) atoms. The second kappa shape index (κ2) is 25.5. The molecule has 4 amide bonds. The van der Waals surface area contributed by atoms with Crippen molar-refractivity contribution >= 4 is 47.9 Å². The lowest BCUT2D eigenvalue weighted by Crippen LogP contribution is -2.34. The van der Waals surface area contributed by atoms with Gasteiger partial charge >= 0.3 is 0 Å². The number of amides is 4. The van der Waals surface area contributed by atoms with Gasteiger partial charge in [0.25, 0.3) is 0 Å². The summed E-state index contributed by atoms with van der Waals surface area (Å²) in [6.45, 7) is 8.02. The summed E-state index contributed by atoms with van der Waals surface area (Å²) < 4.78 is 0. The fourth-order valence-corrected chi connectivity index (χ4v) is 11.3. The smallest absolute Gasteiger partial charge is 0.246 e. The Labute approximate surface area is 456 Å². The fourth-order valence-electron chi connectivity index (χ4n) is 11.3. The molecular weight excluding hydrogens is 993 g/mol. The molecule has 0 aromatic heterocycles. The number of hydrogen-bond acceptors (Lipinski definition) is 12. The molecule has 4 fully saturated rings. The molecule has 0 aliphatic carbocycles. The maximum absolute atomic E-state index is 13.6. The first-order valence-corrected chi connectivity index (χ1v) is 27.7. The van der Waals surface area contributed by atoms with Crippen LogP contribution < -0.4 is 0 Å².